The number of nitriles is 1. The average Bonchev–Trinajstić information content (AvgIpc) is 3.50. The summed E-state index contributed by atoms with van der Waals surface area (Å²) in [6, 6.07) is 26.2. The molecule has 0 unspecified atom stereocenters. The third-order valence-corrected chi connectivity index (χ3v) is 7.23. The number of rotatable bonds is 8. The molecular weight excluding hydrogens is 466 g/mol. The van der Waals surface area contributed by atoms with Gasteiger partial charge in [0.25, 0.3) is 0 Å². The zero-order valence-corrected chi connectivity index (χ0v) is 21.0. The fourth-order valence-electron chi connectivity index (χ4n) is 4.27. The SMILES string of the molecule is Cc1ccc(-n2c(SCC(=O)c3cn(CCC#N)c4ccccc34)nnc2-c2ccccc2)cc1C. The van der Waals surface area contributed by atoms with Crippen LogP contribution in [0.5, 0.6) is 0 Å². The van der Waals surface area contributed by atoms with Crippen LogP contribution in [0, 0.1) is 25.2 Å². The van der Waals surface area contributed by atoms with Gasteiger partial charge in [-0.25, -0.2) is 0 Å². The number of hydrogen-bond acceptors (Lipinski definition) is 5. The van der Waals surface area contributed by atoms with Crippen LogP contribution in [0.25, 0.3) is 28.0 Å². The standard InChI is InChI=1S/C29H25N5OS/c1-20-13-14-23(17-21(20)2)34-28(22-9-4-3-5-10-22)31-32-29(34)36-19-27(35)25-18-33(16-8-15-30)26-12-7-6-11-24(25)26/h3-7,9-14,17-18H,8,16,19H2,1-2H3. The van der Waals surface area contributed by atoms with Crippen LogP contribution in [0.4, 0.5) is 0 Å². The first-order valence-electron chi connectivity index (χ1n) is 11.8. The summed E-state index contributed by atoms with van der Waals surface area (Å²) < 4.78 is 4.01. The summed E-state index contributed by atoms with van der Waals surface area (Å²) in [5, 5.41) is 19.6. The van der Waals surface area contributed by atoms with Crippen molar-refractivity contribution in [1.29, 1.82) is 5.26 Å². The van der Waals surface area contributed by atoms with Gasteiger partial charge in [0.15, 0.2) is 16.8 Å². The van der Waals surface area contributed by atoms with Crippen LogP contribution < -0.4 is 0 Å². The molecule has 5 rings (SSSR count). The Morgan fingerprint density at radius 3 is 2.53 bits per heavy atom. The molecule has 36 heavy (non-hydrogen) atoms. The Morgan fingerprint density at radius 1 is 0.972 bits per heavy atom. The summed E-state index contributed by atoms with van der Waals surface area (Å²) in [5.74, 6) is 0.981. The lowest BCUT2D eigenvalue weighted by molar-refractivity contribution is 0.102. The van der Waals surface area contributed by atoms with Crippen LogP contribution in [0.2, 0.25) is 0 Å². The highest BCUT2D eigenvalue weighted by atomic mass is 32.2. The second-order valence-corrected chi connectivity index (χ2v) is 9.59. The molecule has 0 amide bonds. The fourth-order valence-corrected chi connectivity index (χ4v) is 5.10. The normalized spacial score (nSPS) is 11.0. The highest BCUT2D eigenvalue weighted by Gasteiger charge is 2.20. The summed E-state index contributed by atoms with van der Waals surface area (Å²) in [6.45, 7) is 4.73. The van der Waals surface area contributed by atoms with Gasteiger partial charge in [-0.15, -0.1) is 10.2 Å². The number of ketones is 1. The van der Waals surface area contributed by atoms with E-state index in [1.807, 2.05) is 69.9 Å². The molecular formula is C29H25N5OS. The quantitative estimate of drug-likeness (QED) is 0.186. The topological polar surface area (TPSA) is 76.5 Å². The van der Waals surface area contributed by atoms with E-state index in [2.05, 4.69) is 48.3 Å². The van der Waals surface area contributed by atoms with Gasteiger partial charge in [-0.3, -0.25) is 9.36 Å². The fraction of sp³-hybridized carbons (Fsp3) is 0.172. The second kappa shape index (κ2) is 10.2. The van der Waals surface area contributed by atoms with Crippen molar-refractivity contribution in [2.75, 3.05) is 5.75 Å². The number of hydrogen-bond donors (Lipinski definition) is 0. The maximum absolute atomic E-state index is 13.4. The van der Waals surface area contributed by atoms with Crippen molar-refractivity contribution in [3.05, 3.63) is 95.7 Å². The first kappa shape index (κ1) is 23.6. The van der Waals surface area contributed by atoms with E-state index in [0.29, 0.717) is 23.7 Å². The molecule has 2 aromatic heterocycles. The van der Waals surface area contributed by atoms with Gasteiger partial charge in [0, 0.05) is 34.8 Å². The lowest BCUT2D eigenvalue weighted by Crippen LogP contribution is -2.05. The molecule has 0 saturated heterocycles. The van der Waals surface area contributed by atoms with Crippen LogP contribution in [-0.2, 0) is 6.54 Å². The van der Waals surface area contributed by atoms with Crippen LogP contribution in [0.1, 0.15) is 27.9 Å². The molecule has 0 fully saturated rings. The third kappa shape index (κ3) is 4.56. The first-order valence-corrected chi connectivity index (χ1v) is 12.7. The van der Waals surface area contributed by atoms with Crippen molar-refractivity contribution in [3.8, 4) is 23.1 Å². The summed E-state index contributed by atoms with van der Waals surface area (Å²) in [5.41, 5.74) is 5.94. The largest absolute Gasteiger partial charge is 0.346 e. The molecule has 0 N–H and O–H groups in total. The summed E-state index contributed by atoms with van der Waals surface area (Å²) in [4.78, 5) is 13.4. The zero-order chi connectivity index (χ0) is 25.1. The molecule has 7 heteroatoms. The van der Waals surface area contributed by atoms with E-state index in [-0.39, 0.29) is 11.5 Å². The second-order valence-electron chi connectivity index (χ2n) is 8.65. The van der Waals surface area contributed by atoms with Crippen molar-refractivity contribution >= 4 is 28.4 Å². The molecule has 3 aromatic carbocycles. The average molecular weight is 492 g/mol. The molecule has 0 aliphatic rings. The Bertz CT molecular complexity index is 1590. The molecule has 6 nitrogen and oxygen atoms in total. The molecule has 0 spiro atoms. The Morgan fingerprint density at radius 2 is 1.75 bits per heavy atom. The molecule has 0 aliphatic carbocycles. The van der Waals surface area contributed by atoms with Crippen molar-refractivity contribution in [2.24, 2.45) is 0 Å². The first-order chi connectivity index (χ1) is 17.6. The maximum atomic E-state index is 13.4. The minimum absolute atomic E-state index is 0.0165. The summed E-state index contributed by atoms with van der Waals surface area (Å²) in [7, 11) is 0. The Hall–Kier alpha value is -4.15. The number of nitrogens with zero attached hydrogens (tertiary/aromatic N) is 5. The van der Waals surface area contributed by atoms with E-state index >= 15 is 0 Å². The van der Waals surface area contributed by atoms with E-state index < -0.39 is 0 Å². The maximum Gasteiger partial charge on any atom is 0.196 e. The number of thioether (sulfide) groups is 1. The van der Waals surface area contributed by atoms with E-state index in [1.54, 1.807) is 0 Å². The predicted octanol–water partition coefficient (Wildman–Crippen LogP) is 6.39. The van der Waals surface area contributed by atoms with Gasteiger partial charge in [-0.05, 0) is 43.2 Å². The molecule has 2 heterocycles. The van der Waals surface area contributed by atoms with E-state index in [0.717, 1.165) is 28.0 Å². The highest BCUT2D eigenvalue weighted by Crippen LogP contribution is 2.30. The zero-order valence-electron chi connectivity index (χ0n) is 20.2. The lowest BCUT2D eigenvalue weighted by atomic mass is 10.1. The van der Waals surface area contributed by atoms with Crippen LogP contribution in [-0.4, -0.2) is 30.9 Å². The number of carbonyl (C=O) groups is 1. The van der Waals surface area contributed by atoms with Gasteiger partial charge < -0.3 is 4.57 Å². The van der Waals surface area contributed by atoms with Gasteiger partial charge in [-0.2, -0.15) is 5.26 Å². The number of para-hydroxylation sites is 1. The number of Topliss-reactive ketones (excluding diaryl/α,β-unsaturated/α-hetero) is 1. The van der Waals surface area contributed by atoms with Crippen molar-refractivity contribution in [2.45, 2.75) is 32.0 Å². The number of aromatic nitrogens is 4. The molecule has 0 atom stereocenters. The lowest BCUT2D eigenvalue weighted by Gasteiger charge is -2.12. The van der Waals surface area contributed by atoms with Crippen molar-refractivity contribution in [1.82, 2.24) is 19.3 Å². The van der Waals surface area contributed by atoms with Gasteiger partial charge in [0.05, 0.1) is 23.9 Å². The molecule has 178 valence electrons. The van der Waals surface area contributed by atoms with Crippen LogP contribution >= 0.6 is 11.8 Å². The monoisotopic (exact) mass is 491 g/mol. The molecule has 0 radical (unpaired) electrons. The van der Waals surface area contributed by atoms with Crippen LogP contribution in [0.15, 0.2) is 84.1 Å². The smallest absolute Gasteiger partial charge is 0.196 e. The van der Waals surface area contributed by atoms with Gasteiger partial charge in [0.2, 0.25) is 0 Å². The molecule has 0 saturated carbocycles. The number of aryl methyl sites for hydroxylation is 3. The van der Waals surface area contributed by atoms with Gasteiger partial charge >= 0.3 is 0 Å². The summed E-state index contributed by atoms with van der Waals surface area (Å²) in [6.07, 6.45) is 2.26. The Balaban J connectivity index is 1.48. The van der Waals surface area contributed by atoms with E-state index in [1.165, 1.54) is 22.9 Å². The minimum atomic E-state index is 0.0165. The molecule has 0 aliphatic heterocycles. The van der Waals surface area contributed by atoms with E-state index in [9.17, 15) is 4.79 Å². The minimum Gasteiger partial charge on any atom is -0.346 e. The molecule has 5 aromatic rings. The van der Waals surface area contributed by atoms with Crippen molar-refractivity contribution < 1.29 is 4.79 Å². The summed E-state index contributed by atoms with van der Waals surface area (Å²) >= 11 is 1.38. The Kier molecular flexibility index (Phi) is 6.70. The van der Waals surface area contributed by atoms with Crippen molar-refractivity contribution in [3.63, 3.8) is 0 Å². The Labute approximate surface area is 214 Å². The molecule has 0 bridgehead atoms. The third-order valence-electron chi connectivity index (χ3n) is 6.30. The predicted molar refractivity (Wildman–Crippen MR) is 143 cm³/mol. The van der Waals surface area contributed by atoms with E-state index in [4.69, 9.17) is 5.26 Å². The highest BCUT2D eigenvalue weighted by molar-refractivity contribution is 7.99. The van der Waals surface area contributed by atoms with Gasteiger partial charge in [-0.1, -0.05) is 66.4 Å². The van der Waals surface area contributed by atoms with Crippen LogP contribution in [0.3, 0.4) is 0 Å². The number of carbonyl (C=O) groups excluding carboxylic acids is 1. The number of benzene rings is 3. The van der Waals surface area contributed by atoms with Gasteiger partial charge in [0.1, 0.15) is 0 Å². The number of fused-ring (bicyclic) bond motifs is 1.